The summed E-state index contributed by atoms with van der Waals surface area (Å²) in [5, 5.41) is 0. The van der Waals surface area contributed by atoms with Crippen LogP contribution in [0.1, 0.15) is 15.9 Å². The first-order valence-electron chi connectivity index (χ1n) is 5.40. The van der Waals surface area contributed by atoms with E-state index in [4.69, 9.17) is 5.84 Å². The quantitative estimate of drug-likeness (QED) is 0.469. The molecule has 1 amide bonds. The van der Waals surface area contributed by atoms with E-state index in [0.717, 1.165) is 16.7 Å². The van der Waals surface area contributed by atoms with E-state index >= 15 is 0 Å². The van der Waals surface area contributed by atoms with Crippen molar-refractivity contribution in [3.8, 4) is 11.1 Å². The van der Waals surface area contributed by atoms with Gasteiger partial charge < -0.3 is 0 Å². The van der Waals surface area contributed by atoms with E-state index in [0.29, 0.717) is 5.56 Å². The zero-order valence-electron chi connectivity index (χ0n) is 9.60. The van der Waals surface area contributed by atoms with E-state index in [2.05, 4.69) is 5.43 Å². The van der Waals surface area contributed by atoms with Crippen LogP contribution in [0.5, 0.6) is 0 Å². The third kappa shape index (κ3) is 2.19. The molecular formula is C14H14N2O. The van der Waals surface area contributed by atoms with E-state index in [1.807, 2.05) is 55.5 Å². The standard InChI is InChI=1S/C14H14N2O/c1-10-6-5-9-12(13(10)14(17)16-15)11-7-3-2-4-8-11/h2-9H,15H2,1H3,(H,16,17). The molecule has 0 unspecified atom stereocenters. The summed E-state index contributed by atoms with van der Waals surface area (Å²) in [5.41, 5.74) is 5.64. The van der Waals surface area contributed by atoms with Crippen molar-refractivity contribution in [2.24, 2.45) is 5.84 Å². The van der Waals surface area contributed by atoms with E-state index in [1.54, 1.807) is 0 Å². The van der Waals surface area contributed by atoms with Crippen LogP contribution in [0.25, 0.3) is 11.1 Å². The van der Waals surface area contributed by atoms with Crippen molar-refractivity contribution in [3.63, 3.8) is 0 Å². The molecule has 3 nitrogen and oxygen atoms in total. The third-order valence-corrected chi connectivity index (χ3v) is 2.72. The molecule has 0 aliphatic carbocycles. The maximum atomic E-state index is 11.8. The van der Waals surface area contributed by atoms with Crippen LogP contribution in [-0.2, 0) is 0 Å². The van der Waals surface area contributed by atoms with Crippen molar-refractivity contribution in [1.29, 1.82) is 0 Å². The molecule has 0 aliphatic rings. The minimum atomic E-state index is -0.262. The minimum absolute atomic E-state index is 0.262. The van der Waals surface area contributed by atoms with E-state index in [1.165, 1.54) is 0 Å². The van der Waals surface area contributed by atoms with Gasteiger partial charge in [0.2, 0.25) is 0 Å². The number of nitrogens with two attached hydrogens (primary N) is 1. The molecule has 0 aliphatic heterocycles. The van der Waals surface area contributed by atoms with Crippen molar-refractivity contribution in [2.45, 2.75) is 6.92 Å². The Morgan fingerprint density at radius 2 is 1.76 bits per heavy atom. The molecular weight excluding hydrogens is 212 g/mol. The Hall–Kier alpha value is -2.13. The second-order valence-electron chi connectivity index (χ2n) is 3.84. The number of hydrogen-bond acceptors (Lipinski definition) is 2. The number of benzene rings is 2. The molecule has 0 spiro atoms. The topological polar surface area (TPSA) is 55.1 Å². The van der Waals surface area contributed by atoms with Gasteiger partial charge in [0.15, 0.2) is 0 Å². The molecule has 3 heteroatoms. The number of carbonyl (C=O) groups is 1. The summed E-state index contributed by atoms with van der Waals surface area (Å²) in [5.74, 6) is 4.96. The molecule has 3 N–H and O–H groups in total. The Kier molecular flexibility index (Phi) is 3.21. The van der Waals surface area contributed by atoms with Crippen LogP contribution in [-0.4, -0.2) is 5.91 Å². The Balaban J connectivity index is 2.62. The van der Waals surface area contributed by atoms with Gasteiger partial charge in [-0.25, -0.2) is 5.84 Å². The van der Waals surface area contributed by atoms with E-state index in [-0.39, 0.29) is 5.91 Å². The summed E-state index contributed by atoms with van der Waals surface area (Å²) in [6.07, 6.45) is 0. The van der Waals surface area contributed by atoms with Gasteiger partial charge in [-0.3, -0.25) is 10.2 Å². The highest BCUT2D eigenvalue weighted by atomic mass is 16.2. The first-order chi connectivity index (χ1) is 8.24. The maximum Gasteiger partial charge on any atom is 0.266 e. The van der Waals surface area contributed by atoms with E-state index in [9.17, 15) is 4.79 Å². The fourth-order valence-electron chi connectivity index (χ4n) is 1.90. The molecule has 0 saturated heterocycles. The first-order valence-corrected chi connectivity index (χ1v) is 5.40. The predicted molar refractivity (Wildman–Crippen MR) is 68.3 cm³/mol. The van der Waals surface area contributed by atoms with Gasteiger partial charge in [-0.2, -0.15) is 0 Å². The number of hydrazine groups is 1. The molecule has 2 rings (SSSR count). The molecule has 0 fully saturated rings. The molecule has 0 bridgehead atoms. The fraction of sp³-hybridized carbons (Fsp3) is 0.0714. The van der Waals surface area contributed by atoms with Gasteiger partial charge in [0.25, 0.3) is 5.91 Å². The number of nitrogen functional groups attached to an aromatic ring is 1. The lowest BCUT2D eigenvalue weighted by Crippen LogP contribution is -2.31. The first kappa shape index (κ1) is 11.4. The smallest absolute Gasteiger partial charge is 0.266 e. The second kappa shape index (κ2) is 4.80. The van der Waals surface area contributed by atoms with Crippen LogP contribution in [0.15, 0.2) is 48.5 Å². The third-order valence-electron chi connectivity index (χ3n) is 2.72. The van der Waals surface area contributed by atoms with Crippen LogP contribution >= 0.6 is 0 Å². The monoisotopic (exact) mass is 226 g/mol. The highest BCUT2D eigenvalue weighted by Crippen LogP contribution is 2.25. The summed E-state index contributed by atoms with van der Waals surface area (Å²) >= 11 is 0. The minimum Gasteiger partial charge on any atom is -0.290 e. The summed E-state index contributed by atoms with van der Waals surface area (Å²) in [6, 6.07) is 15.5. The normalized spacial score (nSPS) is 10.0. The summed E-state index contributed by atoms with van der Waals surface area (Å²) in [7, 11) is 0. The average molecular weight is 226 g/mol. The highest BCUT2D eigenvalue weighted by Gasteiger charge is 2.13. The number of aryl methyl sites for hydroxylation is 1. The fourth-order valence-corrected chi connectivity index (χ4v) is 1.90. The molecule has 0 radical (unpaired) electrons. The molecule has 0 saturated carbocycles. The second-order valence-corrected chi connectivity index (χ2v) is 3.84. The van der Waals surface area contributed by atoms with Gasteiger partial charge >= 0.3 is 0 Å². The van der Waals surface area contributed by atoms with Gasteiger partial charge in [0.1, 0.15) is 0 Å². The Labute approximate surface area is 100 Å². The van der Waals surface area contributed by atoms with Crippen molar-refractivity contribution < 1.29 is 4.79 Å². The zero-order valence-corrected chi connectivity index (χ0v) is 9.60. The highest BCUT2D eigenvalue weighted by molar-refractivity contribution is 6.01. The lowest BCUT2D eigenvalue weighted by molar-refractivity contribution is 0.0953. The summed E-state index contributed by atoms with van der Waals surface area (Å²) in [4.78, 5) is 11.8. The largest absolute Gasteiger partial charge is 0.290 e. The molecule has 0 aromatic heterocycles. The van der Waals surface area contributed by atoms with E-state index < -0.39 is 0 Å². The molecule has 2 aromatic rings. The van der Waals surface area contributed by atoms with Crippen LogP contribution in [0.4, 0.5) is 0 Å². The number of hydrogen-bond donors (Lipinski definition) is 2. The number of carbonyl (C=O) groups excluding carboxylic acids is 1. The maximum absolute atomic E-state index is 11.8. The zero-order chi connectivity index (χ0) is 12.3. The average Bonchev–Trinajstić information content (AvgIpc) is 2.38. The molecule has 2 aromatic carbocycles. The SMILES string of the molecule is Cc1cccc(-c2ccccc2)c1C(=O)NN. The van der Waals surface area contributed by atoms with Gasteiger partial charge in [-0.15, -0.1) is 0 Å². The van der Waals surface area contributed by atoms with Gasteiger partial charge in [-0.1, -0.05) is 48.5 Å². The molecule has 86 valence electrons. The molecule has 17 heavy (non-hydrogen) atoms. The van der Waals surface area contributed by atoms with Crippen molar-refractivity contribution >= 4 is 5.91 Å². The van der Waals surface area contributed by atoms with Gasteiger partial charge in [0.05, 0.1) is 5.56 Å². The van der Waals surface area contributed by atoms with Crippen molar-refractivity contribution in [3.05, 3.63) is 59.7 Å². The van der Waals surface area contributed by atoms with Gasteiger partial charge in [-0.05, 0) is 23.6 Å². The number of amides is 1. The lowest BCUT2D eigenvalue weighted by Gasteiger charge is -2.11. The van der Waals surface area contributed by atoms with Crippen LogP contribution in [0, 0.1) is 6.92 Å². The van der Waals surface area contributed by atoms with Crippen LogP contribution in [0.2, 0.25) is 0 Å². The predicted octanol–water partition coefficient (Wildman–Crippen LogP) is 2.27. The van der Waals surface area contributed by atoms with Crippen LogP contribution in [0.3, 0.4) is 0 Å². The number of nitrogens with one attached hydrogen (secondary N) is 1. The Bertz CT molecular complexity index is 535. The Morgan fingerprint density at radius 3 is 2.41 bits per heavy atom. The molecule has 0 atom stereocenters. The summed E-state index contributed by atoms with van der Waals surface area (Å²) in [6.45, 7) is 1.90. The van der Waals surface area contributed by atoms with Crippen molar-refractivity contribution in [1.82, 2.24) is 5.43 Å². The lowest BCUT2D eigenvalue weighted by atomic mass is 9.95. The number of rotatable bonds is 2. The summed E-state index contributed by atoms with van der Waals surface area (Å²) < 4.78 is 0. The van der Waals surface area contributed by atoms with Crippen molar-refractivity contribution in [2.75, 3.05) is 0 Å². The molecule has 0 heterocycles. The van der Waals surface area contributed by atoms with Crippen LogP contribution < -0.4 is 11.3 Å². The Morgan fingerprint density at radius 1 is 1.06 bits per heavy atom. The van der Waals surface area contributed by atoms with Gasteiger partial charge in [0, 0.05) is 0 Å².